The molecule has 0 aliphatic carbocycles. The van der Waals surface area contributed by atoms with Gasteiger partial charge in [0.15, 0.2) is 0 Å². The molecule has 0 aromatic rings. The lowest BCUT2D eigenvalue weighted by Gasteiger charge is -1.93. The summed E-state index contributed by atoms with van der Waals surface area (Å²) in [5.41, 5.74) is 3.30. The standard InChI is InChI=1S/C7H12S.C2H6/c1-3-7-5-8-4-6(7)2;1-2/h3-5H2,1-2H3;1-2H3. The van der Waals surface area contributed by atoms with Gasteiger partial charge in [-0.15, -0.1) is 0 Å². The molecule has 1 aliphatic rings. The van der Waals surface area contributed by atoms with Gasteiger partial charge in [-0.2, -0.15) is 11.8 Å². The van der Waals surface area contributed by atoms with E-state index in [1.807, 2.05) is 25.6 Å². The molecule has 0 aromatic carbocycles. The Morgan fingerprint density at radius 1 is 1.30 bits per heavy atom. The quantitative estimate of drug-likeness (QED) is 0.526. The van der Waals surface area contributed by atoms with Gasteiger partial charge in [0.1, 0.15) is 0 Å². The summed E-state index contributed by atoms with van der Waals surface area (Å²) < 4.78 is 0. The van der Waals surface area contributed by atoms with Crippen LogP contribution in [0, 0.1) is 0 Å². The van der Waals surface area contributed by atoms with Gasteiger partial charge in [-0.25, -0.2) is 0 Å². The van der Waals surface area contributed by atoms with E-state index in [-0.39, 0.29) is 0 Å². The molecule has 0 saturated heterocycles. The van der Waals surface area contributed by atoms with Crippen LogP contribution in [0.5, 0.6) is 0 Å². The first-order chi connectivity index (χ1) is 4.84. The van der Waals surface area contributed by atoms with Crippen LogP contribution in [0.2, 0.25) is 0 Å². The third-order valence-electron chi connectivity index (χ3n) is 1.63. The Kier molecular flexibility index (Phi) is 5.90. The van der Waals surface area contributed by atoms with Gasteiger partial charge in [0.05, 0.1) is 0 Å². The van der Waals surface area contributed by atoms with Crippen molar-refractivity contribution in [2.24, 2.45) is 0 Å². The second-order valence-corrected chi connectivity index (χ2v) is 3.22. The van der Waals surface area contributed by atoms with E-state index in [0.717, 1.165) is 0 Å². The highest BCUT2D eigenvalue weighted by Crippen LogP contribution is 2.25. The van der Waals surface area contributed by atoms with Crippen LogP contribution in [0.15, 0.2) is 11.1 Å². The van der Waals surface area contributed by atoms with E-state index >= 15 is 0 Å². The van der Waals surface area contributed by atoms with Crippen molar-refractivity contribution >= 4 is 11.8 Å². The van der Waals surface area contributed by atoms with E-state index in [1.54, 1.807) is 11.1 Å². The van der Waals surface area contributed by atoms with Gasteiger partial charge in [-0.3, -0.25) is 0 Å². The molecule has 0 radical (unpaired) electrons. The Morgan fingerprint density at radius 2 is 1.90 bits per heavy atom. The van der Waals surface area contributed by atoms with Gasteiger partial charge in [0.2, 0.25) is 0 Å². The zero-order valence-corrected chi connectivity index (χ0v) is 8.35. The van der Waals surface area contributed by atoms with Crippen LogP contribution in [0.1, 0.15) is 34.1 Å². The van der Waals surface area contributed by atoms with Gasteiger partial charge in [0, 0.05) is 11.5 Å². The van der Waals surface area contributed by atoms with Crippen molar-refractivity contribution in [1.29, 1.82) is 0 Å². The predicted octanol–water partition coefficient (Wildman–Crippen LogP) is 3.49. The Bertz CT molecular complexity index is 114. The number of rotatable bonds is 1. The lowest BCUT2D eigenvalue weighted by Crippen LogP contribution is -1.80. The van der Waals surface area contributed by atoms with Gasteiger partial charge < -0.3 is 0 Å². The first kappa shape index (κ1) is 10.1. The molecule has 1 aliphatic heterocycles. The fourth-order valence-corrected chi connectivity index (χ4v) is 2.27. The lowest BCUT2D eigenvalue weighted by molar-refractivity contribution is 1.08. The highest BCUT2D eigenvalue weighted by atomic mass is 32.2. The number of hydrogen-bond acceptors (Lipinski definition) is 1. The fourth-order valence-electron chi connectivity index (χ4n) is 0.956. The molecule has 10 heavy (non-hydrogen) atoms. The maximum Gasteiger partial charge on any atom is 0.0149 e. The Balaban J connectivity index is 0.000000371. The molecule has 0 saturated carbocycles. The highest BCUT2D eigenvalue weighted by Gasteiger charge is 2.07. The Hall–Kier alpha value is 0.0900. The molecule has 0 amide bonds. The third kappa shape index (κ3) is 2.78. The maximum absolute atomic E-state index is 2.25. The summed E-state index contributed by atoms with van der Waals surface area (Å²) in [6.07, 6.45) is 1.26. The van der Waals surface area contributed by atoms with Gasteiger partial charge in [-0.1, -0.05) is 31.9 Å². The van der Waals surface area contributed by atoms with Crippen molar-refractivity contribution in [1.82, 2.24) is 0 Å². The molecule has 1 heteroatoms. The van der Waals surface area contributed by atoms with Crippen LogP contribution in [0.4, 0.5) is 0 Å². The zero-order chi connectivity index (χ0) is 7.98. The molecule has 0 N–H and O–H groups in total. The van der Waals surface area contributed by atoms with Crippen LogP contribution in [-0.4, -0.2) is 11.5 Å². The molecule has 0 atom stereocenters. The van der Waals surface area contributed by atoms with Crippen LogP contribution in [0.25, 0.3) is 0 Å². The molecule has 0 nitrogen and oxygen atoms in total. The summed E-state index contributed by atoms with van der Waals surface area (Å²) in [6, 6.07) is 0. The van der Waals surface area contributed by atoms with E-state index in [1.165, 1.54) is 17.9 Å². The van der Waals surface area contributed by atoms with Crippen molar-refractivity contribution in [3.05, 3.63) is 11.1 Å². The zero-order valence-electron chi connectivity index (χ0n) is 7.53. The van der Waals surface area contributed by atoms with Crippen molar-refractivity contribution in [2.75, 3.05) is 11.5 Å². The molecule has 0 fully saturated rings. The minimum atomic E-state index is 1.26. The van der Waals surface area contributed by atoms with Gasteiger partial charge in [-0.05, 0) is 13.3 Å². The van der Waals surface area contributed by atoms with Crippen LogP contribution in [0.3, 0.4) is 0 Å². The van der Waals surface area contributed by atoms with Gasteiger partial charge >= 0.3 is 0 Å². The van der Waals surface area contributed by atoms with E-state index in [2.05, 4.69) is 13.8 Å². The van der Waals surface area contributed by atoms with E-state index in [0.29, 0.717) is 0 Å². The minimum absolute atomic E-state index is 1.26. The van der Waals surface area contributed by atoms with Crippen molar-refractivity contribution in [3.63, 3.8) is 0 Å². The van der Waals surface area contributed by atoms with Crippen molar-refractivity contribution < 1.29 is 0 Å². The third-order valence-corrected chi connectivity index (χ3v) is 2.81. The average molecular weight is 158 g/mol. The molecular weight excluding hydrogens is 140 g/mol. The summed E-state index contributed by atoms with van der Waals surface area (Å²) in [5.74, 6) is 2.57. The van der Waals surface area contributed by atoms with Crippen LogP contribution < -0.4 is 0 Å². The molecule has 0 unspecified atom stereocenters. The predicted molar refractivity (Wildman–Crippen MR) is 51.7 cm³/mol. The summed E-state index contributed by atoms with van der Waals surface area (Å²) in [5, 5.41) is 0. The van der Waals surface area contributed by atoms with E-state index in [4.69, 9.17) is 0 Å². The Labute approximate surface area is 69.1 Å². The molecule has 0 spiro atoms. The summed E-state index contributed by atoms with van der Waals surface area (Å²) >= 11 is 2.04. The fraction of sp³-hybridized carbons (Fsp3) is 0.778. The second-order valence-electron chi connectivity index (χ2n) is 2.23. The summed E-state index contributed by atoms with van der Waals surface area (Å²) in [7, 11) is 0. The molecule has 0 bridgehead atoms. The lowest BCUT2D eigenvalue weighted by atomic mass is 10.1. The number of thioether (sulfide) groups is 1. The summed E-state index contributed by atoms with van der Waals surface area (Å²) in [4.78, 5) is 0. The molecule has 60 valence electrons. The second kappa shape index (κ2) is 5.84. The minimum Gasteiger partial charge on any atom is -0.153 e. The number of hydrogen-bond donors (Lipinski definition) is 0. The van der Waals surface area contributed by atoms with E-state index < -0.39 is 0 Å². The first-order valence-electron chi connectivity index (χ1n) is 4.10. The smallest absolute Gasteiger partial charge is 0.0149 e. The Morgan fingerprint density at radius 3 is 2.10 bits per heavy atom. The van der Waals surface area contributed by atoms with Crippen molar-refractivity contribution in [2.45, 2.75) is 34.1 Å². The van der Waals surface area contributed by atoms with E-state index in [9.17, 15) is 0 Å². The topological polar surface area (TPSA) is 0 Å². The van der Waals surface area contributed by atoms with Crippen LogP contribution in [-0.2, 0) is 0 Å². The largest absolute Gasteiger partial charge is 0.153 e. The average Bonchev–Trinajstić information content (AvgIpc) is 2.39. The summed E-state index contributed by atoms with van der Waals surface area (Å²) in [6.45, 7) is 8.49. The molecule has 1 heterocycles. The van der Waals surface area contributed by atoms with Crippen LogP contribution >= 0.6 is 11.8 Å². The normalized spacial score (nSPS) is 16.8. The van der Waals surface area contributed by atoms with Crippen molar-refractivity contribution in [3.8, 4) is 0 Å². The van der Waals surface area contributed by atoms with Gasteiger partial charge in [0.25, 0.3) is 0 Å². The SMILES string of the molecule is CC.CCC1=C(C)CSC1. The highest BCUT2D eigenvalue weighted by molar-refractivity contribution is 7.99. The molecular formula is C9H18S. The molecule has 1 rings (SSSR count). The maximum atomic E-state index is 2.25. The molecule has 0 aromatic heterocycles. The monoisotopic (exact) mass is 158 g/mol. The first-order valence-corrected chi connectivity index (χ1v) is 5.25.